The van der Waals surface area contributed by atoms with Crippen LogP contribution in [0, 0.1) is 0 Å². The largest absolute Gasteiger partial charge is 0.351 e. The Bertz CT molecular complexity index is 456. The Morgan fingerprint density at radius 1 is 1.29 bits per heavy atom. The summed E-state index contributed by atoms with van der Waals surface area (Å²) in [4.78, 5) is 13.4. The lowest BCUT2D eigenvalue weighted by molar-refractivity contribution is 0.0953. The normalized spacial score (nSPS) is 15.6. The maximum absolute atomic E-state index is 12.3. The molecule has 0 radical (unpaired) electrons. The summed E-state index contributed by atoms with van der Waals surface area (Å²) < 4.78 is 0. The van der Waals surface area contributed by atoms with Gasteiger partial charge in [-0.2, -0.15) is 11.8 Å². The fourth-order valence-corrected chi connectivity index (χ4v) is 4.72. The zero-order valence-corrected chi connectivity index (χ0v) is 14.6. The Hall–Kier alpha value is -0.610. The van der Waals surface area contributed by atoms with Gasteiger partial charge in [-0.15, -0.1) is 11.8 Å². The quantitative estimate of drug-likeness (QED) is 0.587. The number of amides is 1. The fourth-order valence-electron chi connectivity index (χ4n) is 2.55. The van der Waals surface area contributed by atoms with Gasteiger partial charge in [-0.1, -0.05) is 38.8 Å². The summed E-state index contributed by atoms with van der Waals surface area (Å²) >= 11 is 3.76. The molecular formula is C17H25NOS2. The molecule has 0 aliphatic heterocycles. The van der Waals surface area contributed by atoms with Gasteiger partial charge in [-0.25, -0.2) is 0 Å². The summed E-state index contributed by atoms with van der Waals surface area (Å²) in [6, 6.07) is 7.89. The van der Waals surface area contributed by atoms with Crippen LogP contribution in [-0.2, 0) is 0 Å². The van der Waals surface area contributed by atoms with Crippen LogP contribution in [0.3, 0.4) is 0 Å². The second-order valence-corrected chi connectivity index (χ2v) is 8.72. The number of hydrogen-bond donors (Lipinski definition) is 1. The van der Waals surface area contributed by atoms with Crippen molar-refractivity contribution < 1.29 is 4.79 Å². The van der Waals surface area contributed by atoms with Crippen molar-refractivity contribution in [1.82, 2.24) is 5.32 Å². The van der Waals surface area contributed by atoms with Gasteiger partial charge in [0.1, 0.15) is 0 Å². The first kappa shape index (κ1) is 16.8. The molecular weight excluding hydrogens is 298 g/mol. The van der Waals surface area contributed by atoms with E-state index in [1.807, 2.05) is 36.0 Å². The molecule has 1 saturated carbocycles. The number of carbonyl (C=O) groups excluding carboxylic acids is 1. The van der Waals surface area contributed by atoms with E-state index in [1.54, 1.807) is 11.8 Å². The van der Waals surface area contributed by atoms with Crippen LogP contribution in [0.25, 0.3) is 0 Å². The van der Waals surface area contributed by atoms with Crippen LogP contribution in [0.5, 0.6) is 0 Å². The molecule has 116 valence electrons. The molecule has 4 heteroatoms. The van der Waals surface area contributed by atoms with Crippen molar-refractivity contribution >= 4 is 29.4 Å². The lowest BCUT2D eigenvalue weighted by atomic mass is 10.2. The van der Waals surface area contributed by atoms with E-state index in [0.29, 0.717) is 5.25 Å². The Kier molecular flexibility index (Phi) is 6.97. The fraction of sp³-hybridized carbons (Fsp3) is 0.588. The summed E-state index contributed by atoms with van der Waals surface area (Å²) in [7, 11) is 0. The third-order valence-electron chi connectivity index (χ3n) is 3.54. The molecule has 1 aromatic carbocycles. The van der Waals surface area contributed by atoms with Crippen molar-refractivity contribution in [2.75, 3.05) is 12.3 Å². The van der Waals surface area contributed by atoms with E-state index in [4.69, 9.17) is 0 Å². The van der Waals surface area contributed by atoms with Crippen LogP contribution in [0.4, 0.5) is 0 Å². The molecule has 2 nitrogen and oxygen atoms in total. The first-order chi connectivity index (χ1) is 10.2. The van der Waals surface area contributed by atoms with Crippen LogP contribution in [-0.4, -0.2) is 28.7 Å². The highest BCUT2D eigenvalue weighted by Crippen LogP contribution is 2.29. The van der Waals surface area contributed by atoms with Crippen molar-refractivity contribution in [3.05, 3.63) is 29.8 Å². The zero-order chi connectivity index (χ0) is 15.1. The summed E-state index contributed by atoms with van der Waals surface area (Å²) in [5, 5.41) is 4.37. The van der Waals surface area contributed by atoms with E-state index in [9.17, 15) is 4.79 Å². The van der Waals surface area contributed by atoms with E-state index in [0.717, 1.165) is 28.0 Å². The lowest BCUT2D eigenvalue weighted by Crippen LogP contribution is -2.26. The number of carbonyl (C=O) groups is 1. The summed E-state index contributed by atoms with van der Waals surface area (Å²) in [6.07, 6.45) is 5.46. The molecule has 21 heavy (non-hydrogen) atoms. The van der Waals surface area contributed by atoms with Crippen LogP contribution in [0.1, 0.15) is 49.9 Å². The summed E-state index contributed by atoms with van der Waals surface area (Å²) in [5.41, 5.74) is 0.807. The number of hydrogen-bond acceptors (Lipinski definition) is 3. The van der Waals surface area contributed by atoms with E-state index < -0.39 is 0 Å². The number of benzene rings is 1. The molecule has 1 fully saturated rings. The van der Waals surface area contributed by atoms with Gasteiger partial charge in [0.25, 0.3) is 5.91 Å². The van der Waals surface area contributed by atoms with Crippen molar-refractivity contribution in [2.45, 2.75) is 54.9 Å². The van der Waals surface area contributed by atoms with E-state index >= 15 is 0 Å². The Morgan fingerprint density at radius 3 is 2.71 bits per heavy atom. The molecule has 1 aliphatic carbocycles. The molecule has 0 saturated heterocycles. The summed E-state index contributed by atoms with van der Waals surface area (Å²) in [6.45, 7) is 5.07. The maximum Gasteiger partial charge on any atom is 0.252 e. The second-order valence-electron chi connectivity index (χ2n) is 5.70. The minimum Gasteiger partial charge on any atom is -0.351 e. The highest BCUT2D eigenvalue weighted by Gasteiger charge is 2.15. The van der Waals surface area contributed by atoms with Gasteiger partial charge in [0, 0.05) is 27.7 Å². The first-order valence-corrected chi connectivity index (χ1v) is 9.75. The average Bonchev–Trinajstić information content (AvgIpc) is 2.96. The zero-order valence-electron chi connectivity index (χ0n) is 12.9. The minimum absolute atomic E-state index is 0.0609. The molecule has 2 rings (SSSR count). The summed E-state index contributed by atoms with van der Waals surface area (Å²) in [5.74, 6) is 1.08. The smallest absolute Gasteiger partial charge is 0.252 e. The standard InChI is InChI=1S/C17H25NOS2/c1-13(2)21-16-10-6-5-9-15(16)17(19)18-11-12-20-14-7-3-4-8-14/h5-6,9-10,13-14H,3-4,7-8,11-12H2,1-2H3,(H,18,19). The van der Waals surface area contributed by atoms with Gasteiger partial charge in [-0.05, 0) is 25.0 Å². The number of rotatable bonds is 7. The molecule has 0 atom stereocenters. The first-order valence-electron chi connectivity index (χ1n) is 7.82. The van der Waals surface area contributed by atoms with Crippen molar-refractivity contribution in [3.8, 4) is 0 Å². The Balaban J connectivity index is 1.79. The van der Waals surface area contributed by atoms with E-state index in [-0.39, 0.29) is 5.91 Å². The molecule has 0 aromatic heterocycles. The number of thioether (sulfide) groups is 2. The van der Waals surface area contributed by atoms with Crippen molar-refractivity contribution in [3.63, 3.8) is 0 Å². The van der Waals surface area contributed by atoms with Gasteiger partial charge in [-0.3, -0.25) is 4.79 Å². The van der Waals surface area contributed by atoms with Crippen molar-refractivity contribution in [2.24, 2.45) is 0 Å². The molecule has 0 spiro atoms. The maximum atomic E-state index is 12.3. The average molecular weight is 324 g/mol. The van der Waals surface area contributed by atoms with Crippen LogP contribution in [0.2, 0.25) is 0 Å². The molecule has 1 amide bonds. The van der Waals surface area contributed by atoms with Gasteiger partial charge >= 0.3 is 0 Å². The third kappa shape index (κ3) is 5.59. The second kappa shape index (κ2) is 8.74. The Labute approximate surface area is 136 Å². The van der Waals surface area contributed by atoms with E-state index in [1.165, 1.54) is 25.7 Å². The molecule has 1 N–H and O–H groups in total. The predicted octanol–water partition coefficient (Wildman–Crippen LogP) is 4.59. The van der Waals surface area contributed by atoms with Crippen LogP contribution >= 0.6 is 23.5 Å². The minimum atomic E-state index is 0.0609. The molecule has 0 bridgehead atoms. The monoisotopic (exact) mass is 323 g/mol. The Morgan fingerprint density at radius 2 is 2.00 bits per heavy atom. The molecule has 1 aliphatic rings. The predicted molar refractivity (Wildman–Crippen MR) is 94.5 cm³/mol. The topological polar surface area (TPSA) is 29.1 Å². The SMILES string of the molecule is CC(C)Sc1ccccc1C(=O)NCCSC1CCCC1. The van der Waals surface area contributed by atoms with Gasteiger partial charge in [0.2, 0.25) is 0 Å². The highest BCUT2D eigenvalue weighted by atomic mass is 32.2. The molecule has 0 heterocycles. The van der Waals surface area contributed by atoms with Gasteiger partial charge in [0.15, 0.2) is 0 Å². The third-order valence-corrected chi connectivity index (χ3v) is 6.00. The molecule has 1 aromatic rings. The van der Waals surface area contributed by atoms with Crippen molar-refractivity contribution in [1.29, 1.82) is 0 Å². The highest BCUT2D eigenvalue weighted by molar-refractivity contribution is 8.00. The molecule has 0 unspecified atom stereocenters. The van der Waals surface area contributed by atoms with Crippen LogP contribution in [0.15, 0.2) is 29.2 Å². The van der Waals surface area contributed by atoms with Crippen LogP contribution < -0.4 is 5.32 Å². The van der Waals surface area contributed by atoms with Gasteiger partial charge in [0.05, 0.1) is 5.56 Å². The lowest BCUT2D eigenvalue weighted by Gasteiger charge is -2.12. The van der Waals surface area contributed by atoms with E-state index in [2.05, 4.69) is 19.2 Å². The number of nitrogens with one attached hydrogen (secondary N) is 1. The van der Waals surface area contributed by atoms with Gasteiger partial charge < -0.3 is 5.32 Å².